The van der Waals surface area contributed by atoms with Gasteiger partial charge in [-0.05, 0) is 27.7 Å². The van der Waals surface area contributed by atoms with E-state index in [4.69, 9.17) is 5.73 Å². The van der Waals surface area contributed by atoms with Crippen LogP contribution in [-0.2, 0) is 5.54 Å². The van der Waals surface area contributed by atoms with Crippen molar-refractivity contribution in [2.45, 2.75) is 33.2 Å². The van der Waals surface area contributed by atoms with Crippen molar-refractivity contribution >= 4 is 22.8 Å². The van der Waals surface area contributed by atoms with Gasteiger partial charge in [0.25, 0.3) is 0 Å². The predicted octanol–water partition coefficient (Wildman–Crippen LogP) is 1.78. The lowest BCUT2D eigenvalue weighted by Crippen LogP contribution is -2.23. The van der Waals surface area contributed by atoms with E-state index in [0.717, 1.165) is 0 Å². The van der Waals surface area contributed by atoms with Gasteiger partial charge in [0.15, 0.2) is 0 Å². The van der Waals surface area contributed by atoms with Gasteiger partial charge in [0, 0.05) is 11.2 Å². The van der Waals surface area contributed by atoms with Crippen molar-refractivity contribution in [3.63, 3.8) is 0 Å². The molecule has 0 unspecified atom stereocenters. The van der Waals surface area contributed by atoms with E-state index in [9.17, 15) is 9.90 Å². The summed E-state index contributed by atoms with van der Waals surface area (Å²) in [5.74, 6) is -0.814. The van der Waals surface area contributed by atoms with Gasteiger partial charge in [-0.3, -0.25) is 0 Å². The molecule has 2 aromatic heterocycles. The Morgan fingerprint density at radius 1 is 1.39 bits per heavy atom. The summed E-state index contributed by atoms with van der Waals surface area (Å²) in [4.78, 5) is 19.5. The van der Waals surface area contributed by atoms with Crippen LogP contribution in [0.25, 0.3) is 11.0 Å². The fraction of sp³-hybridized carbons (Fsp3) is 0.417. The van der Waals surface area contributed by atoms with E-state index < -0.39 is 5.97 Å². The number of carboxylic acid groups (broad SMARTS) is 1. The second-order valence-corrected chi connectivity index (χ2v) is 5.23. The van der Waals surface area contributed by atoms with Crippen LogP contribution in [0.15, 0.2) is 6.33 Å². The molecule has 0 aliphatic rings. The van der Waals surface area contributed by atoms with Crippen LogP contribution >= 0.6 is 0 Å². The van der Waals surface area contributed by atoms with E-state index in [1.54, 1.807) is 6.92 Å². The minimum atomic E-state index is -1.01. The Morgan fingerprint density at radius 3 is 2.50 bits per heavy atom. The molecule has 2 aromatic rings. The summed E-state index contributed by atoms with van der Waals surface area (Å²) in [5, 5.41) is 9.76. The van der Waals surface area contributed by atoms with Crippen LogP contribution in [0, 0.1) is 6.92 Å². The van der Waals surface area contributed by atoms with Crippen molar-refractivity contribution in [1.82, 2.24) is 14.5 Å². The molecule has 2 rings (SSSR count). The zero-order chi connectivity index (χ0) is 13.7. The molecule has 18 heavy (non-hydrogen) atoms. The Kier molecular flexibility index (Phi) is 2.53. The van der Waals surface area contributed by atoms with Crippen LogP contribution in [0.1, 0.15) is 36.8 Å². The molecule has 6 heteroatoms. The number of nitrogens with zero attached hydrogens (tertiary/aromatic N) is 3. The summed E-state index contributed by atoms with van der Waals surface area (Å²) < 4.78 is 1.88. The highest BCUT2D eigenvalue weighted by atomic mass is 16.4. The van der Waals surface area contributed by atoms with E-state index >= 15 is 0 Å². The highest BCUT2D eigenvalue weighted by Gasteiger charge is 2.27. The number of hydrogen-bond donors (Lipinski definition) is 2. The molecule has 0 aliphatic heterocycles. The molecule has 0 atom stereocenters. The maximum Gasteiger partial charge on any atom is 0.338 e. The highest BCUT2D eigenvalue weighted by Crippen LogP contribution is 2.32. The van der Waals surface area contributed by atoms with Crippen molar-refractivity contribution in [1.29, 1.82) is 0 Å². The molecule has 0 saturated heterocycles. The summed E-state index contributed by atoms with van der Waals surface area (Å²) in [7, 11) is 0. The topological polar surface area (TPSA) is 94.0 Å². The fourth-order valence-corrected chi connectivity index (χ4v) is 2.33. The maximum atomic E-state index is 11.4. The minimum Gasteiger partial charge on any atom is -0.478 e. The lowest BCUT2D eigenvalue weighted by Gasteiger charge is -2.24. The molecule has 96 valence electrons. The van der Waals surface area contributed by atoms with E-state index in [-0.39, 0.29) is 16.9 Å². The Labute approximate surface area is 104 Å². The third kappa shape index (κ3) is 1.61. The molecule has 0 amide bonds. The first kappa shape index (κ1) is 12.3. The number of aromatic carboxylic acids is 1. The van der Waals surface area contributed by atoms with Crippen molar-refractivity contribution in [3.05, 3.63) is 17.6 Å². The molecule has 0 spiro atoms. The number of carbonyl (C=O) groups is 1. The van der Waals surface area contributed by atoms with Gasteiger partial charge in [0.1, 0.15) is 17.8 Å². The van der Waals surface area contributed by atoms with Crippen LogP contribution in [0.4, 0.5) is 5.82 Å². The van der Waals surface area contributed by atoms with Crippen molar-refractivity contribution in [2.75, 3.05) is 5.73 Å². The van der Waals surface area contributed by atoms with Crippen LogP contribution < -0.4 is 5.73 Å². The first-order valence-corrected chi connectivity index (χ1v) is 5.60. The summed E-state index contributed by atoms with van der Waals surface area (Å²) in [5.41, 5.74) is 6.89. The van der Waals surface area contributed by atoms with Gasteiger partial charge in [-0.2, -0.15) is 0 Å². The molecular weight excluding hydrogens is 232 g/mol. The normalized spacial score (nSPS) is 12.0. The van der Waals surface area contributed by atoms with Crippen LogP contribution in [0.3, 0.4) is 0 Å². The van der Waals surface area contributed by atoms with Crippen LogP contribution in [0.2, 0.25) is 0 Å². The molecule has 0 aromatic carbocycles. The smallest absolute Gasteiger partial charge is 0.338 e. The van der Waals surface area contributed by atoms with Gasteiger partial charge < -0.3 is 15.4 Å². The first-order chi connectivity index (χ1) is 8.25. The molecule has 0 aliphatic carbocycles. The number of hydrogen-bond acceptors (Lipinski definition) is 4. The SMILES string of the molecule is Cc1c(C(=O)O)c2c(N)ncnc2n1C(C)(C)C. The maximum absolute atomic E-state index is 11.4. The number of aromatic nitrogens is 3. The fourth-order valence-electron chi connectivity index (χ4n) is 2.33. The number of anilines is 1. The molecule has 0 fully saturated rings. The minimum absolute atomic E-state index is 0.179. The largest absolute Gasteiger partial charge is 0.478 e. The summed E-state index contributed by atoms with van der Waals surface area (Å²) >= 11 is 0. The van der Waals surface area contributed by atoms with Gasteiger partial charge in [-0.25, -0.2) is 14.8 Å². The third-order valence-electron chi connectivity index (χ3n) is 2.90. The number of carboxylic acids is 1. The highest BCUT2D eigenvalue weighted by molar-refractivity contribution is 6.07. The lowest BCUT2D eigenvalue weighted by atomic mass is 10.1. The first-order valence-electron chi connectivity index (χ1n) is 5.60. The third-order valence-corrected chi connectivity index (χ3v) is 2.90. The van der Waals surface area contributed by atoms with Crippen LogP contribution in [-0.4, -0.2) is 25.6 Å². The van der Waals surface area contributed by atoms with Gasteiger partial charge in [-0.15, -0.1) is 0 Å². The lowest BCUT2D eigenvalue weighted by molar-refractivity contribution is 0.0697. The number of nitrogens with two attached hydrogens (primary N) is 1. The molecule has 2 heterocycles. The van der Waals surface area contributed by atoms with Gasteiger partial charge in [0.05, 0.1) is 10.9 Å². The Morgan fingerprint density at radius 2 is 2.00 bits per heavy atom. The number of fused-ring (bicyclic) bond motifs is 1. The van der Waals surface area contributed by atoms with E-state index in [1.165, 1.54) is 6.33 Å². The monoisotopic (exact) mass is 248 g/mol. The average Bonchev–Trinajstić information content (AvgIpc) is 2.50. The molecule has 0 saturated carbocycles. The summed E-state index contributed by atoms with van der Waals surface area (Å²) in [6.45, 7) is 7.73. The zero-order valence-corrected chi connectivity index (χ0v) is 10.9. The van der Waals surface area contributed by atoms with Crippen molar-refractivity contribution < 1.29 is 9.90 Å². The van der Waals surface area contributed by atoms with E-state index in [2.05, 4.69) is 9.97 Å². The quantitative estimate of drug-likeness (QED) is 0.802. The second kappa shape index (κ2) is 3.69. The predicted molar refractivity (Wildman–Crippen MR) is 68.6 cm³/mol. The standard InChI is InChI=1S/C12H16N4O2/c1-6-7(11(17)18)8-9(13)14-5-15-10(8)16(6)12(2,3)4/h5H,1-4H3,(H,17,18)(H2,13,14,15). The zero-order valence-electron chi connectivity index (χ0n) is 10.9. The summed E-state index contributed by atoms with van der Waals surface area (Å²) in [6.07, 6.45) is 1.35. The summed E-state index contributed by atoms with van der Waals surface area (Å²) in [6, 6.07) is 0. The van der Waals surface area contributed by atoms with E-state index in [0.29, 0.717) is 16.7 Å². The molecule has 6 nitrogen and oxygen atoms in total. The van der Waals surface area contributed by atoms with Crippen molar-refractivity contribution in [3.8, 4) is 0 Å². The molecule has 3 N–H and O–H groups in total. The van der Waals surface area contributed by atoms with Crippen molar-refractivity contribution in [2.24, 2.45) is 0 Å². The molecular formula is C12H16N4O2. The Balaban J connectivity index is 3.02. The van der Waals surface area contributed by atoms with Crippen LogP contribution in [0.5, 0.6) is 0 Å². The van der Waals surface area contributed by atoms with E-state index in [1.807, 2.05) is 25.3 Å². The van der Waals surface area contributed by atoms with Gasteiger partial charge in [-0.1, -0.05) is 0 Å². The molecule has 0 radical (unpaired) electrons. The average molecular weight is 248 g/mol. The number of nitrogen functional groups attached to an aromatic ring is 1. The molecule has 0 bridgehead atoms. The Hall–Kier alpha value is -2.11. The van der Waals surface area contributed by atoms with Gasteiger partial charge >= 0.3 is 5.97 Å². The van der Waals surface area contributed by atoms with Gasteiger partial charge in [0.2, 0.25) is 0 Å². The second-order valence-electron chi connectivity index (χ2n) is 5.23. The number of rotatable bonds is 1. The Bertz CT molecular complexity index is 638.